The van der Waals surface area contributed by atoms with Crippen molar-refractivity contribution in [3.63, 3.8) is 0 Å². The molecule has 0 aliphatic heterocycles. The molecule has 0 saturated carbocycles. The van der Waals surface area contributed by atoms with Crippen LogP contribution in [0.4, 0.5) is 0 Å². The molecule has 0 spiro atoms. The molecule has 0 aromatic carbocycles. The first kappa shape index (κ1) is 6.89. The van der Waals surface area contributed by atoms with E-state index in [1.165, 1.54) is 8.47 Å². The summed E-state index contributed by atoms with van der Waals surface area (Å²) in [4.78, 5) is 1.40. The minimum atomic E-state index is 1.38. The molecule has 1 rings (SSSR count). The van der Waals surface area contributed by atoms with Crippen LogP contribution in [0.5, 0.6) is 0 Å². The maximum Gasteiger partial charge on any atom is 0.0373 e. The van der Waals surface area contributed by atoms with Crippen LogP contribution in [-0.2, 0) is 0 Å². The van der Waals surface area contributed by atoms with Gasteiger partial charge in [0, 0.05) is 19.2 Å². The molecule has 1 aromatic rings. The van der Waals surface area contributed by atoms with Gasteiger partial charge in [0.2, 0.25) is 0 Å². The van der Waals surface area contributed by atoms with Gasteiger partial charge in [-0.3, -0.25) is 0 Å². The largest absolute Gasteiger partial charge is 0.150 e. The van der Waals surface area contributed by atoms with Crippen LogP contribution in [0.2, 0.25) is 0 Å². The minimum absolute atomic E-state index is 1.38. The maximum absolute atomic E-state index is 2.35. The van der Waals surface area contributed by atoms with E-state index < -0.39 is 0 Å². The third kappa shape index (κ3) is 1.39. The monoisotopic (exact) mass is 256 g/mol. The zero-order valence-corrected chi connectivity index (χ0v) is 8.14. The van der Waals surface area contributed by atoms with E-state index in [1.807, 2.05) is 0 Å². The first-order valence-electron chi connectivity index (χ1n) is 2.10. The second kappa shape index (κ2) is 3.08. The number of hydrogen-bond donors (Lipinski definition) is 0. The maximum atomic E-state index is 2.35. The third-order valence-electron chi connectivity index (χ3n) is 0.802. The second-order valence-corrected chi connectivity index (χ2v) is 4.04. The second-order valence-electron chi connectivity index (χ2n) is 1.29. The molecule has 0 nitrogen and oxygen atoms in total. The van der Waals surface area contributed by atoms with Crippen molar-refractivity contribution in [2.75, 3.05) is 6.26 Å². The number of thioether (sulfide) groups is 1. The number of halogens is 1. The highest BCUT2D eigenvalue weighted by molar-refractivity contribution is 14.1. The lowest BCUT2D eigenvalue weighted by Gasteiger charge is -1.85. The van der Waals surface area contributed by atoms with Gasteiger partial charge < -0.3 is 0 Å². The van der Waals surface area contributed by atoms with E-state index >= 15 is 0 Å². The Morgan fingerprint density at radius 1 is 1.62 bits per heavy atom. The Morgan fingerprint density at radius 3 is 2.62 bits per heavy atom. The molecule has 3 heteroatoms. The van der Waals surface area contributed by atoms with Gasteiger partial charge in [-0.2, -0.15) is 11.3 Å². The molecular formula is C5H5IS2. The van der Waals surface area contributed by atoms with Crippen molar-refractivity contribution >= 4 is 45.7 Å². The summed E-state index contributed by atoms with van der Waals surface area (Å²) in [6.45, 7) is 0. The van der Waals surface area contributed by atoms with E-state index in [4.69, 9.17) is 0 Å². The molecule has 0 aliphatic carbocycles. The molecule has 8 heavy (non-hydrogen) atoms. The predicted molar refractivity (Wildman–Crippen MR) is 48.8 cm³/mol. The quantitative estimate of drug-likeness (QED) is 0.549. The topological polar surface area (TPSA) is 0 Å². The number of rotatable bonds is 1. The minimum Gasteiger partial charge on any atom is -0.150 e. The molecule has 0 bridgehead atoms. The van der Waals surface area contributed by atoms with Gasteiger partial charge >= 0.3 is 0 Å². The van der Waals surface area contributed by atoms with Gasteiger partial charge in [0.25, 0.3) is 0 Å². The average molecular weight is 256 g/mol. The third-order valence-corrected chi connectivity index (χ3v) is 4.15. The molecule has 0 saturated heterocycles. The van der Waals surface area contributed by atoms with Crippen LogP contribution in [0, 0.1) is 3.57 Å². The Kier molecular flexibility index (Phi) is 2.65. The molecule has 0 radical (unpaired) electrons. The molecule has 0 N–H and O–H groups in total. The lowest BCUT2D eigenvalue weighted by atomic mass is 10.7. The van der Waals surface area contributed by atoms with Crippen LogP contribution >= 0.6 is 45.7 Å². The first-order valence-corrected chi connectivity index (χ1v) is 5.35. The van der Waals surface area contributed by atoms with E-state index in [-0.39, 0.29) is 0 Å². The molecule has 1 aromatic heterocycles. The summed E-state index contributed by atoms with van der Waals surface area (Å²) in [5.74, 6) is 0. The Balaban J connectivity index is 2.92. The lowest BCUT2D eigenvalue weighted by molar-refractivity contribution is 1.53. The van der Waals surface area contributed by atoms with Crippen LogP contribution in [0.25, 0.3) is 0 Å². The Morgan fingerprint density at radius 2 is 2.38 bits per heavy atom. The smallest absolute Gasteiger partial charge is 0.0373 e. The number of thiophene rings is 1. The zero-order valence-electron chi connectivity index (χ0n) is 4.35. The fraction of sp³-hybridized carbons (Fsp3) is 0.200. The highest BCUT2D eigenvalue weighted by Crippen LogP contribution is 2.25. The van der Waals surface area contributed by atoms with Gasteiger partial charge in [-0.05, 0) is 28.8 Å². The van der Waals surface area contributed by atoms with Gasteiger partial charge in [0.15, 0.2) is 0 Å². The van der Waals surface area contributed by atoms with Crippen molar-refractivity contribution in [1.29, 1.82) is 0 Å². The van der Waals surface area contributed by atoms with Gasteiger partial charge in [-0.25, -0.2) is 0 Å². The van der Waals surface area contributed by atoms with Crippen molar-refractivity contribution in [3.8, 4) is 0 Å². The van der Waals surface area contributed by atoms with Gasteiger partial charge in [-0.1, -0.05) is 0 Å². The molecule has 44 valence electrons. The predicted octanol–water partition coefficient (Wildman–Crippen LogP) is 3.07. The van der Waals surface area contributed by atoms with Crippen LogP contribution in [0.15, 0.2) is 15.7 Å². The summed E-state index contributed by atoms with van der Waals surface area (Å²) in [6.07, 6.45) is 2.10. The SMILES string of the molecule is CSc1cscc1I. The normalized spacial score (nSPS) is 9.75. The fourth-order valence-corrected chi connectivity index (χ4v) is 3.33. The Hall–Kier alpha value is 0.780. The molecule has 0 fully saturated rings. The summed E-state index contributed by atoms with van der Waals surface area (Å²) < 4.78 is 1.38. The summed E-state index contributed by atoms with van der Waals surface area (Å²) in [6, 6.07) is 0. The van der Waals surface area contributed by atoms with E-state index in [0.717, 1.165) is 0 Å². The number of hydrogen-bond acceptors (Lipinski definition) is 2. The first-order chi connectivity index (χ1) is 3.84. The summed E-state index contributed by atoms with van der Waals surface area (Å²) in [5, 5.41) is 4.33. The molecular weight excluding hydrogens is 251 g/mol. The van der Waals surface area contributed by atoms with Crippen molar-refractivity contribution in [3.05, 3.63) is 14.3 Å². The molecule has 0 atom stereocenters. The molecule has 0 amide bonds. The van der Waals surface area contributed by atoms with E-state index in [1.54, 1.807) is 23.1 Å². The van der Waals surface area contributed by atoms with Gasteiger partial charge in [0.05, 0.1) is 0 Å². The zero-order chi connectivity index (χ0) is 5.98. The van der Waals surface area contributed by atoms with Crippen LogP contribution in [0.1, 0.15) is 0 Å². The Bertz CT molecular complexity index is 171. The summed E-state index contributed by atoms with van der Waals surface area (Å²) >= 11 is 5.91. The van der Waals surface area contributed by atoms with E-state index in [0.29, 0.717) is 0 Å². The molecule has 1 heterocycles. The van der Waals surface area contributed by atoms with Crippen molar-refractivity contribution < 1.29 is 0 Å². The standard InChI is InChI=1S/C5H5IS2/c1-7-5-3-8-2-4(5)6/h2-3H,1H3. The van der Waals surface area contributed by atoms with Crippen LogP contribution in [-0.4, -0.2) is 6.26 Å². The van der Waals surface area contributed by atoms with Crippen molar-refractivity contribution in [2.45, 2.75) is 4.90 Å². The highest BCUT2D eigenvalue weighted by Gasteiger charge is 1.94. The highest BCUT2D eigenvalue weighted by atomic mass is 127. The lowest BCUT2D eigenvalue weighted by Crippen LogP contribution is -1.62. The van der Waals surface area contributed by atoms with E-state index in [9.17, 15) is 0 Å². The fourth-order valence-electron chi connectivity index (χ4n) is 0.416. The van der Waals surface area contributed by atoms with Gasteiger partial charge in [-0.15, -0.1) is 11.8 Å². The van der Waals surface area contributed by atoms with Gasteiger partial charge in [0.1, 0.15) is 0 Å². The molecule has 0 unspecified atom stereocenters. The van der Waals surface area contributed by atoms with Crippen molar-refractivity contribution in [2.24, 2.45) is 0 Å². The summed E-state index contributed by atoms with van der Waals surface area (Å²) in [5.41, 5.74) is 0. The van der Waals surface area contributed by atoms with E-state index in [2.05, 4.69) is 39.6 Å². The van der Waals surface area contributed by atoms with Crippen LogP contribution < -0.4 is 0 Å². The van der Waals surface area contributed by atoms with Crippen LogP contribution in [0.3, 0.4) is 0 Å². The van der Waals surface area contributed by atoms with Crippen molar-refractivity contribution in [1.82, 2.24) is 0 Å². The Labute approximate surface area is 70.8 Å². The average Bonchev–Trinajstić information content (AvgIpc) is 2.14. The molecule has 0 aliphatic rings. The summed E-state index contributed by atoms with van der Waals surface area (Å²) in [7, 11) is 0.